The summed E-state index contributed by atoms with van der Waals surface area (Å²) in [5.41, 5.74) is 3.19. The van der Waals surface area contributed by atoms with Crippen molar-refractivity contribution in [3.05, 3.63) is 60.0 Å². The molecule has 222 valence electrons. The number of carbonyl (C=O) groups excluding carboxylic acids is 1. The zero-order valence-electron chi connectivity index (χ0n) is 24.6. The number of hydrogen-bond acceptors (Lipinski definition) is 6. The second-order valence-electron chi connectivity index (χ2n) is 12.4. The lowest BCUT2D eigenvalue weighted by atomic mass is 9.83. The fraction of sp³-hybridized carbons (Fsp3) is 0.500. The molecule has 1 amide bonds. The van der Waals surface area contributed by atoms with Gasteiger partial charge in [0.15, 0.2) is 0 Å². The molecular weight excluding hydrogens is 528 g/mol. The quantitative estimate of drug-likeness (QED) is 0.272. The molecule has 3 aliphatic heterocycles. The third kappa shape index (κ3) is 5.62. The average molecular weight is 571 g/mol. The van der Waals surface area contributed by atoms with Gasteiger partial charge in [0.25, 0.3) is 5.91 Å². The first-order valence-corrected chi connectivity index (χ1v) is 15.7. The van der Waals surface area contributed by atoms with Crippen molar-refractivity contribution in [2.75, 3.05) is 39.8 Å². The number of hydrogen-bond donors (Lipinski definition) is 2. The maximum atomic E-state index is 13.3. The SMILES string of the molecule is COc1ccc2c(COc3cccc4[nH]c(C(=O)NC5CCN(C[C@@H]6CCCN7CCCCC67)CC5)cc34)coc2c1. The molecule has 8 heteroatoms. The summed E-state index contributed by atoms with van der Waals surface area (Å²) in [6, 6.07) is 14.6. The van der Waals surface area contributed by atoms with Crippen LogP contribution in [0.1, 0.15) is 61.0 Å². The third-order valence-corrected chi connectivity index (χ3v) is 9.76. The molecule has 2 N–H and O–H groups in total. The summed E-state index contributed by atoms with van der Waals surface area (Å²) in [5.74, 6) is 2.25. The molecule has 3 aliphatic rings. The van der Waals surface area contributed by atoms with Crippen LogP contribution in [0.4, 0.5) is 0 Å². The fourth-order valence-electron chi connectivity index (χ4n) is 7.48. The number of amides is 1. The van der Waals surface area contributed by atoms with E-state index >= 15 is 0 Å². The van der Waals surface area contributed by atoms with Crippen molar-refractivity contribution < 1.29 is 18.7 Å². The Hall–Kier alpha value is -3.49. The molecule has 0 aliphatic carbocycles. The molecule has 4 aromatic rings. The van der Waals surface area contributed by atoms with Gasteiger partial charge < -0.3 is 34.0 Å². The molecule has 0 spiro atoms. The van der Waals surface area contributed by atoms with Gasteiger partial charge in [0, 0.05) is 59.6 Å². The second-order valence-corrected chi connectivity index (χ2v) is 12.4. The lowest BCUT2D eigenvalue weighted by Crippen LogP contribution is -2.52. The first-order valence-electron chi connectivity index (χ1n) is 15.7. The number of ether oxygens (including phenoxy) is 2. The van der Waals surface area contributed by atoms with E-state index in [9.17, 15) is 4.79 Å². The molecule has 7 rings (SSSR count). The monoisotopic (exact) mass is 570 g/mol. The van der Waals surface area contributed by atoms with Gasteiger partial charge in [-0.1, -0.05) is 12.5 Å². The predicted octanol–water partition coefficient (Wildman–Crippen LogP) is 5.96. The normalized spacial score (nSPS) is 22.3. The van der Waals surface area contributed by atoms with E-state index in [2.05, 4.69) is 20.1 Å². The Morgan fingerprint density at radius 1 is 1.00 bits per heavy atom. The maximum absolute atomic E-state index is 13.3. The Morgan fingerprint density at radius 3 is 2.76 bits per heavy atom. The van der Waals surface area contributed by atoms with Crippen molar-refractivity contribution in [3.63, 3.8) is 0 Å². The molecule has 2 atom stereocenters. The number of furan rings is 1. The molecule has 3 saturated heterocycles. The van der Waals surface area contributed by atoms with E-state index in [1.807, 2.05) is 42.5 Å². The summed E-state index contributed by atoms with van der Waals surface area (Å²) in [5, 5.41) is 5.20. The van der Waals surface area contributed by atoms with E-state index in [1.54, 1.807) is 13.4 Å². The van der Waals surface area contributed by atoms with E-state index in [4.69, 9.17) is 13.9 Å². The fourth-order valence-corrected chi connectivity index (χ4v) is 7.48. The number of carbonyl (C=O) groups is 1. The molecule has 1 unspecified atom stereocenters. The lowest BCUT2D eigenvalue weighted by molar-refractivity contribution is 0.0351. The summed E-state index contributed by atoms with van der Waals surface area (Å²) in [4.78, 5) is 22.0. The van der Waals surface area contributed by atoms with Gasteiger partial charge in [-0.25, -0.2) is 0 Å². The average Bonchev–Trinajstić information content (AvgIpc) is 3.65. The third-order valence-electron chi connectivity index (χ3n) is 9.76. The van der Waals surface area contributed by atoms with Gasteiger partial charge in [-0.15, -0.1) is 0 Å². The molecule has 0 saturated carbocycles. The number of likely N-dealkylation sites (tertiary alicyclic amines) is 1. The predicted molar refractivity (Wildman–Crippen MR) is 164 cm³/mol. The molecule has 2 aromatic carbocycles. The molecule has 0 bridgehead atoms. The van der Waals surface area contributed by atoms with Crippen LogP contribution in [-0.2, 0) is 6.61 Å². The van der Waals surface area contributed by atoms with Crippen molar-refractivity contribution in [3.8, 4) is 11.5 Å². The Kier molecular flexibility index (Phi) is 7.82. The van der Waals surface area contributed by atoms with Gasteiger partial charge in [0.1, 0.15) is 29.4 Å². The number of aromatic amines is 1. The minimum absolute atomic E-state index is 0.0458. The van der Waals surface area contributed by atoms with Crippen LogP contribution in [0.2, 0.25) is 0 Å². The van der Waals surface area contributed by atoms with Crippen LogP contribution in [0, 0.1) is 5.92 Å². The van der Waals surface area contributed by atoms with Crippen LogP contribution in [-0.4, -0.2) is 72.6 Å². The first-order chi connectivity index (χ1) is 20.6. The summed E-state index contributed by atoms with van der Waals surface area (Å²) >= 11 is 0. The van der Waals surface area contributed by atoms with Gasteiger partial charge in [-0.2, -0.15) is 0 Å². The molecule has 42 heavy (non-hydrogen) atoms. The van der Waals surface area contributed by atoms with Crippen LogP contribution in [0.5, 0.6) is 11.5 Å². The number of piperidine rings is 3. The van der Waals surface area contributed by atoms with E-state index in [0.29, 0.717) is 12.3 Å². The van der Waals surface area contributed by atoms with E-state index in [-0.39, 0.29) is 11.9 Å². The molecule has 2 aromatic heterocycles. The smallest absolute Gasteiger partial charge is 0.267 e. The molecular formula is C34H42N4O4. The van der Waals surface area contributed by atoms with Crippen LogP contribution >= 0.6 is 0 Å². The van der Waals surface area contributed by atoms with Gasteiger partial charge in [-0.05, 0) is 87.9 Å². The first kappa shape index (κ1) is 27.3. The van der Waals surface area contributed by atoms with E-state index < -0.39 is 0 Å². The number of H-pyrrole nitrogens is 1. The number of aromatic nitrogens is 1. The summed E-state index contributed by atoms with van der Waals surface area (Å²) in [6.45, 7) is 6.31. The highest BCUT2D eigenvalue weighted by Crippen LogP contribution is 2.33. The van der Waals surface area contributed by atoms with Crippen molar-refractivity contribution in [1.82, 2.24) is 20.1 Å². The molecule has 5 heterocycles. The Morgan fingerprint density at radius 2 is 1.88 bits per heavy atom. The Bertz CT molecular complexity index is 1530. The highest BCUT2D eigenvalue weighted by atomic mass is 16.5. The van der Waals surface area contributed by atoms with Gasteiger partial charge in [0.05, 0.1) is 13.4 Å². The Labute approximate surface area is 247 Å². The van der Waals surface area contributed by atoms with Crippen molar-refractivity contribution in [2.45, 2.75) is 63.6 Å². The van der Waals surface area contributed by atoms with Gasteiger partial charge in [-0.3, -0.25) is 4.79 Å². The van der Waals surface area contributed by atoms with E-state index in [1.165, 1.54) is 51.7 Å². The number of nitrogens with one attached hydrogen (secondary N) is 2. The van der Waals surface area contributed by atoms with E-state index in [0.717, 1.165) is 76.8 Å². The lowest BCUT2D eigenvalue weighted by Gasteiger charge is -2.46. The second kappa shape index (κ2) is 12.0. The van der Waals surface area contributed by atoms with Crippen LogP contribution in [0.25, 0.3) is 21.9 Å². The zero-order valence-corrected chi connectivity index (χ0v) is 24.6. The van der Waals surface area contributed by atoms with Gasteiger partial charge >= 0.3 is 0 Å². The van der Waals surface area contributed by atoms with Crippen LogP contribution < -0.4 is 14.8 Å². The number of fused-ring (bicyclic) bond motifs is 3. The van der Waals surface area contributed by atoms with Crippen molar-refractivity contribution >= 4 is 27.8 Å². The molecule has 8 nitrogen and oxygen atoms in total. The summed E-state index contributed by atoms with van der Waals surface area (Å²) < 4.78 is 17.2. The standard InChI is InChI=1S/C34H42N4O4/c1-40-26-10-11-27-24(22-42-33(27)18-26)21-41-32-9-4-7-29-28(32)19-30(36-29)34(39)35-25-12-16-37(17-13-25)20-23-6-5-15-38-14-3-2-8-31(23)38/h4,7,9-11,18-19,22-23,25,31,36H,2-3,5-6,8,12-17,20-21H2,1H3,(H,35,39)/t23-,31?/m0/s1. The summed E-state index contributed by atoms with van der Waals surface area (Å²) in [7, 11) is 1.64. The summed E-state index contributed by atoms with van der Waals surface area (Å²) in [6.07, 6.45) is 10.6. The number of rotatable bonds is 8. The Balaban J connectivity index is 0.947. The largest absolute Gasteiger partial charge is 0.497 e. The van der Waals surface area contributed by atoms with Crippen LogP contribution in [0.15, 0.2) is 53.1 Å². The van der Waals surface area contributed by atoms with Gasteiger partial charge in [0.2, 0.25) is 0 Å². The molecule has 0 radical (unpaired) electrons. The molecule has 3 fully saturated rings. The van der Waals surface area contributed by atoms with Crippen molar-refractivity contribution in [1.29, 1.82) is 0 Å². The minimum Gasteiger partial charge on any atom is -0.497 e. The topological polar surface area (TPSA) is 83.0 Å². The number of methoxy groups -OCH3 is 1. The van der Waals surface area contributed by atoms with Crippen LogP contribution in [0.3, 0.4) is 0 Å². The highest BCUT2D eigenvalue weighted by molar-refractivity contribution is 5.99. The number of benzene rings is 2. The maximum Gasteiger partial charge on any atom is 0.267 e. The minimum atomic E-state index is -0.0458. The zero-order chi connectivity index (χ0) is 28.5. The number of nitrogens with zero attached hydrogens (tertiary/aromatic N) is 2. The van der Waals surface area contributed by atoms with Crippen molar-refractivity contribution in [2.24, 2.45) is 5.92 Å². The highest BCUT2D eigenvalue weighted by Gasteiger charge is 2.34.